The van der Waals surface area contributed by atoms with Crippen LogP contribution in [0.5, 0.6) is 5.75 Å². The summed E-state index contributed by atoms with van der Waals surface area (Å²) in [6.07, 6.45) is 0. The molecule has 2 nitrogen and oxygen atoms in total. The van der Waals surface area contributed by atoms with E-state index in [4.69, 9.17) is 27.7 Å². The zero-order chi connectivity index (χ0) is 12.3. The first-order valence-electron chi connectivity index (χ1n) is 4.81. The van der Waals surface area contributed by atoms with Crippen LogP contribution in [0.15, 0.2) is 48.5 Å². The van der Waals surface area contributed by atoms with Crippen LogP contribution in [0.3, 0.4) is 0 Å². The van der Waals surface area contributed by atoms with Crippen molar-refractivity contribution in [3.05, 3.63) is 58.6 Å². The number of halogens is 2. The molecular formula is C12H8Cl2O2P+. The van der Waals surface area contributed by atoms with E-state index in [1.54, 1.807) is 48.5 Å². The zero-order valence-corrected chi connectivity index (χ0v) is 11.0. The average molecular weight is 286 g/mol. The van der Waals surface area contributed by atoms with Crippen LogP contribution in [-0.2, 0) is 4.57 Å². The summed E-state index contributed by atoms with van der Waals surface area (Å²) in [5, 5.41) is 1.81. The molecule has 0 aliphatic rings. The van der Waals surface area contributed by atoms with Gasteiger partial charge in [-0.05, 0) is 53.1 Å². The van der Waals surface area contributed by atoms with Crippen molar-refractivity contribution in [1.82, 2.24) is 0 Å². The predicted octanol–water partition coefficient (Wildman–Crippen LogP) is 4.44. The summed E-state index contributed by atoms with van der Waals surface area (Å²) < 4.78 is 17.2. The molecule has 0 amide bonds. The van der Waals surface area contributed by atoms with Crippen molar-refractivity contribution in [1.29, 1.82) is 0 Å². The van der Waals surface area contributed by atoms with E-state index in [1.807, 2.05) is 0 Å². The summed E-state index contributed by atoms with van der Waals surface area (Å²) in [5.41, 5.74) is 0. The fraction of sp³-hybridized carbons (Fsp3) is 0. The molecule has 0 aromatic heterocycles. The fourth-order valence-corrected chi connectivity index (χ4v) is 2.27. The number of hydrogen-bond donors (Lipinski definition) is 0. The van der Waals surface area contributed by atoms with Gasteiger partial charge in [0.1, 0.15) is 0 Å². The molecule has 0 aliphatic carbocycles. The van der Waals surface area contributed by atoms with Crippen molar-refractivity contribution in [3.63, 3.8) is 0 Å². The highest BCUT2D eigenvalue weighted by Gasteiger charge is 2.23. The second kappa shape index (κ2) is 5.50. The predicted molar refractivity (Wildman–Crippen MR) is 70.8 cm³/mol. The summed E-state index contributed by atoms with van der Waals surface area (Å²) >= 11 is 11.5. The van der Waals surface area contributed by atoms with Crippen molar-refractivity contribution in [2.45, 2.75) is 0 Å². The van der Waals surface area contributed by atoms with Gasteiger partial charge in [-0.25, -0.2) is 0 Å². The van der Waals surface area contributed by atoms with E-state index in [0.29, 0.717) is 21.1 Å². The molecular weight excluding hydrogens is 278 g/mol. The van der Waals surface area contributed by atoms with Gasteiger partial charge in [0, 0.05) is 10.0 Å². The third-order valence-corrected chi connectivity index (χ3v) is 3.64. The SMILES string of the molecule is O=[P+](Oc1ccc(Cl)cc1)c1ccc(Cl)cc1. The standard InChI is InChI=1S/C12H8Cl2O2P/c13-9-1-5-11(6-2-9)16-17(15)12-7-3-10(14)4-8-12/h1-8H/q+1. The van der Waals surface area contributed by atoms with E-state index < -0.39 is 8.03 Å². The van der Waals surface area contributed by atoms with E-state index in [2.05, 4.69) is 0 Å². The Morgan fingerprint density at radius 2 is 1.29 bits per heavy atom. The summed E-state index contributed by atoms with van der Waals surface area (Å²) in [6.45, 7) is 0. The minimum atomic E-state index is -1.93. The second-order valence-corrected chi connectivity index (χ2v) is 5.36. The molecule has 5 heteroatoms. The monoisotopic (exact) mass is 285 g/mol. The topological polar surface area (TPSA) is 26.3 Å². The van der Waals surface area contributed by atoms with Crippen LogP contribution in [0.2, 0.25) is 10.0 Å². The van der Waals surface area contributed by atoms with Gasteiger partial charge in [-0.3, -0.25) is 4.52 Å². The Balaban J connectivity index is 2.11. The second-order valence-electron chi connectivity index (χ2n) is 3.28. The van der Waals surface area contributed by atoms with Crippen LogP contribution in [0.4, 0.5) is 0 Å². The third kappa shape index (κ3) is 3.44. The minimum Gasteiger partial charge on any atom is -0.250 e. The third-order valence-electron chi connectivity index (χ3n) is 2.04. The molecule has 0 radical (unpaired) electrons. The molecule has 0 bridgehead atoms. The highest BCUT2D eigenvalue weighted by Crippen LogP contribution is 2.27. The van der Waals surface area contributed by atoms with Gasteiger partial charge in [-0.2, -0.15) is 0 Å². The molecule has 1 atom stereocenters. The Morgan fingerprint density at radius 3 is 1.82 bits per heavy atom. The molecule has 0 aliphatic heterocycles. The first-order chi connectivity index (χ1) is 8.15. The van der Waals surface area contributed by atoms with E-state index in [9.17, 15) is 4.57 Å². The van der Waals surface area contributed by atoms with Gasteiger partial charge in [0.2, 0.25) is 5.30 Å². The van der Waals surface area contributed by atoms with Gasteiger partial charge in [0.05, 0.1) is 0 Å². The molecule has 0 saturated heterocycles. The van der Waals surface area contributed by atoms with Crippen molar-refractivity contribution in [2.24, 2.45) is 0 Å². The molecule has 1 unspecified atom stereocenters. The lowest BCUT2D eigenvalue weighted by molar-refractivity contribution is 0.514. The molecule has 86 valence electrons. The Kier molecular flexibility index (Phi) is 4.01. The maximum Gasteiger partial charge on any atom is 0.597 e. The molecule has 2 aromatic carbocycles. The molecule has 17 heavy (non-hydrogen) atoms. The molecule has 0 fully saturated rings. The zero-order valence-electron chi connectivity index (χ0n) is 8.64. The van der Waals surface area contributed by atoms with Gasteiger partial charge in [0.15, 0.2) is 5.75 Å². The van der Waals surface area contributed by atoms with Crippen LogP contribution >= 0.6 is 31.2 Å². The van der Waals surface area contributed by atoms with Gasteiger partial charge >= 0.3 is 8.03 Å². The number of benzene rings is 2. The molecule has 2 rings (SSSR count). The van der Waals surface area contributed by atoms with E-state index in [-0.39, 0.29) is 0 Å². The highest BCUT2D eigenvalue weighted by atomic mass is 35.5. The van der Waals surface area contributed by atoms with Crippen molar-refractivity contribution in [2.75, 3.05) is 0 Å². The Hall–Kier alpha value is -1.08. The van der Waals surface area contributed by atoms with E-state index in [1.165, 1.54) is 0 Å². The fourth-order valence-electron chi connectivity index (χ4n) is 1.21. The van der Waals surface area contributed by atoms with Crippen LogP contribution in [0.25, 0.3) is 0 Å². The molecule has 0 N–H and O–H groups in total. The summed E-state index contributed by atoms with van der Waals surface area (Å²) in [6, 6.07) is 13.4. The Morgan fingerprint density at radius 1 is 0.824 bits per heavy atom. The normalized spacial score (nSPS) is 11.1. The van der Waals surface area contributed by atoms with E-state index >= 15 is 0 Å². The van der Waals surface area contributed by atoms with Crippen LogP contribution < -0.4 is 9.83 Å². The minimum absolute atomic E-state index is 0.519. The first-order valence-corrected chi connectivity index (χ1v) is 6.75. The van der Waals surface area contributed by atoms with Gasteiger partial charge in [-0.15, -0.1) is 0 Å². The Bertz CT molecular complexity index is 523. The number of hydrogen-bond acceptors (Lipinski definition) is 2. The maximum absolute atomic E-state index is 11.9. The Labute approximate surface area is 110 Å². The molecule has 0 spiro atoms. The number of rotatable bonds is 3. The van der Waals surface area contributed by atoms with Crippen molar-refractivity contribution >= 4 is 36.5 Å². The summed E-state index contributed by atoms with van der Waals surface area (Å²) in [7, 11) is -1.93. The van der Waals surface area contributed by atoms with Crippen LogP contribution in [0, 0.1) is 0 Å². The maximum atomic E-state index is 11.9. The quantitative estimate of drug-likeness (QED) is 0.780. The lowest BCUT2D eigenvalue weighted by atomic mass is 10.3. The van der Waals surface area contributed by atoms with Crippen molar-refractivity contribution in [3.8, 4) is 5.75 Å². The smallest absolute Gasteiger partial charge is 0.250 e. The summed E-state index contributed by atoms with van der Waals surface area (Å²) in [4.78, 5) is 0. The molecule has 0 saturated carbocycles. The largest absolute Gasteiger partial charge is 0.597 e. The van der Waals surface area contributed by atoms with Crippen LogP contribution in [-0.4, -0.2) is 0 Å². The summed E-state index contributed by atoms with van der Waals surface area (Å²) in [5.74, 6) is 0.519. The van der Waals surface area contributed by atoms with E-state index in [0.717, 1.165) is 0 Å². The molecule has 0 heterocycles. The van der Waals surface area contributed by atoms with Gasteiger partial charge < -0.3 is 0 Å². The molecule has 2 aromatic rings. The average Bonchev–Trinajstić information content (AvgIpc) is 2.33. The van der Waals surface area contributed by atoms with Gasteiger partial charge in [-0.1, -0.05) is 23.2 Å². The van der Waals surface area contributed by atoms with Crippen molar-refractivity contribution < 1.29 is 9.09 Å². The van der Waals surface area contributed by atoms with Crippen LogP contribution in [0.1, 0.15) is 0 Å². The first kappa shape index (κ1) is 12.4. The highest BCUT2D eigenvalue weighted by molar-refractivity contribution is 7.48. The lowest BCUT2D eigenvalue weighted by Crippen LogP contribution is -1.98. The lowest BCUT2D eigenvalue weighted by Gasteiger charge is -1.94. The van der Waals surface area contributed by atoms with Gasteiger partial charge in [0.25, 0.3) is 0 Å².